The largest absolute Gasteiger partial charge is 0.394 e. The molecule has 0 aliphatic carbocycles. The van der Waals surface area contributed by atoms with Crippen LogP contribution in [0.25, 0.3) is 0 Å². The molecule has 0 aliphatic heterocycles. The van der Waals surface area contributed by atoms with Gasteiger partial charge in [0.25, 0.3) is 0 Å². The zero-order chi connectivity index (χ0) is 49.2. The lowest BCUT2D eigenvalue weighted by Crippen LogP contribution is -2.45. The second kappa shape index (κ2) is 58.6. The number of carbonyl (C=O) groups is 1. The summed E-state index contributed by atoms with van der Waals surface area (Å²) < 4.78 is 0. The summed E-state index contributed by atoms with van der Waals surface area (Å²) in [6, 6.07) is -0.541. The molecule has 0 aromatic carbocycles. The van der Waals surface area contributed by atoms with Gasteiger partial charge in [-0.1, -0.05) is 297 Å². The minimum atomic E-state index is -0.664. The summed E-state index contributed by atoms with van der Waals surface area (Å²) in [5, 5.41) is 23.3. The van der Waals surface area contributed by atoms with Crippen LogP contribution in [-0.4, -0.2) is 34.9 Å². The first-order valence-electron chi connectivity index (χ1n) is 29.4. The maximum atomic E-state index is 12.5. The average molecular weight is 945 g/mol. The molecule has 2 atom stereocenters. The fourth-order valence-corrected chi connectivity index (χ4v) is 8.67. The van der Waals surface area contributed by atoms with Gasteiger partial charge in [-0.25, -0.2) is 0 Å². The molecule has 2 unspecified atom stereocenters. The molecular weight excluding hydrogens is 831 g/mol. The van der Waals surface area contributed by atoms with Crippen LogP contribution >= 0.6 is 0 Å². The molecule has 0 rings (SSSR count). The van der Waals surface area contributed by atoms with Gasteiger partial charge in [0.05, 0.1) is 18.8 Å². The van der Waals surface area contributed by atoms with Crippen molar-refractivity contribution in [2.75, 3.05) is 6.61 Å². The highest BCUT2D eigenvalue weighted by Crippen LogP contribution is 2.17. The highest BCUT2D eigenvalue weighted by Gasteiger charge is 2.20. The zero-order valence-electron chi connectivity index (χ0n) is 45.1. The molecule has 0 saturated heterocycles. The van der Waals surface area contributed by atoms with Crippen LogP contribution in [0.15, 0.2) is 97.2 Å². The second-order valence-corrected chi connectivity index (χ2v) is 19.7. The maximum Gasteiger partial charge on any atom is 0.220 e. The van der Waals surface area contributed by atoms with Crippen molar-refractivity contribution in [1.29, 1.82) is 0 Å². The number of aliphatic hydroxyl groups excluding tert-OH is 2. The third kappa shape index (κ3) is 54.3. The van der Waals surface area contributed by atoms with E-state index in [1.807, 2.05) is 0 Å². The van der Waals surface area contributed by atoms with Crippen LogP contribution < -0.4 is 5.32 Å². The molecule has 3 N–H and O–H groups in total. The molecule has 0 aliphatic rings. The number of aliphatic hydroxyl groups is 2. The van der Waals surface area contributed by atoms with E-state index in [-0.39, 0.29) is 12.5 Å². The van der Waals surface area contributed by atoms with Gasteiger partial charge < -0.3 is 15.5 Å². The van der Waals surface area contributed by atoms with Crippen molar-refractivity contribution in [3.05, 3.63) is 97.2 Å². The van der Waals surface area contributed by atoms with Gasteiger partial charge in [0.1, 0.15) is 0 Å². The lowest BCUT2D eigenvalue weighted by molar-refractivity contribution is -0.123. The third-order valence-corrected chi connectivity index (χ3v) is 13.1. The summed E-state index contributed by atoms with van der Waals surface area (Å²) in [6.07, 6.45) is 86.8. The van der Waals surface area contributed by atoms with Gasteiger partial charge in [-0.3, -0.25) is 4.79 Å². The lowest BCUT2D eigenvalue weighted by Gasteiger charge is -2.22. The Hall–Kier alpha value is -2.69. The van der Waals surface area contributed by atoms with Crippen molar-refractivity contribution in [2.24, 2.45) is 0 Å². The molecule has 0 aromatic heterocycles. The molecule has 0 aromatic rings. The number of nitrogens with one attached hydrogen (secondary N) is 1. The van der Waals surface area contributed by atoms with Crippen LogP contribution in [-0.2, 0) is 4.79 Å². The fraction of sp³-hybridized carbons (Fsp3) is 0.734. The predicted molar refractivity (Wildman–Crippen MR) is 303 cm³/mol. The minimum Gasteiger partial charge on any atom is -0.394 e. The molecule has 0 radical (unpaired) electrons. The summed E-state index contributed by atoms with van der Waals surface area (Å²) in [6.45, 7) is 4.26. The summed E-state index contributed by atoms with van der Waals surface area (Å²) in [4.78, 5) is 12.5. The Kier molecular flexibility index (Phi) is 56.3. The highest BCUT2D eigenvalue weighted by molar-refractivity contribution is 5.76. The van der Waals surface area contributed by atoms with E-state index in [9.17, 15) is 15.0 Å². The van der Waals surface area contributed by atoms with Crippen LogP contribution in [0.4, 0.5) is 0 Å². The number of hydrogen-bond donors (Lipinski definition) is 3. The first-order valence-corrected chi connectivity index (χ1v) is 29.4. The Bertz CT molecular complexity index is 1250. The van der Waals surface area contributed by atoms with Crippen LogP contribution in [0.3, 0.4) is 0 Å². The molecule has 4 nitrogen and oxygen atoms in total. The van der Waals surface area contributed by atoms with E-state index < -0.39 is 12.1 Å². The molecule has 0 bridgehead atoms. The molecular formula is C64H113NO3. The van der Waals surface area contributed by atoms with Crippen molar-refractivity contribution < 1.29 is 15.0 Å². The monoisotopic (exact) mass is 944 g/mol. The molecule has 1 amide bonds. The zero-order valence-corrected chi connectivity index (χ0v) is 45.1. The summed E-state index contributed by atoms with van der Waals surface area (Å²) in [7, 11) is 0. The van der Waals surface area contributed by atoms with Crippen LogP contribution in [0, 0.1) is 0 Å². The number of unbranched alkanes of at least 4 members (excludes halogenated alkanes) is 30. The summed E-state index contributed by atoms with van der Waals surface area (Å²) in [5.74, 6) is -0.0327. The second-order valence-electron chi connectivity index (χ2n) is 19.7. The van der Waals surface area contributed by atoms with E-state index in [2.05, 4.69) is 116 Å². The normalized spacial score (nSPS) is 13.5. The standard InChI is InChI=1S/C64H113NO3/c1-3-5-7-9-11-13-15-17-19-21-22-23-24-25-26-27-28-29-30-31-32-33-34-35-36-37-38-39-40-41-42-44-46-48-50-52-54-56-58-60-64(68)65-62(61-66)63(67)59-57-55-53-51-49-47-45-43-20-18-16-14-12-10-8-6-4-2/h5,7,11,13,17,19,22-23,25-26,28-29,31-32,34-35,62-63,66-67H,3-4,6,8-10,12,14-16,18,20-21,24,27,30,33,36-61H2,1-2H3,(H,65,68)/b7-5-,13-11-,19-17-,23-22-,26-25-,29-28-,32-31-,35-34-. The first-order chi connectivity index (χ1) is 33.7. The Morgan fingerprint density at radius 2 is 0.647 bits per heavy atom. The van der Waals surface area contributed by atoms with E-state index in [0.717, 1.165) is 77.0 Å². The molecule has 0 saturated carbocycles. The molecule has 392 valence electrons. The van der Waals surface area contributed by atoms with E-state index in [0.29, 0.717) is 12.8 Å². The van der Waals surface area contributed by atoms with Crippen molar-refractivity contribution in [1.82, 2.24) is 5.32 Å². The van der Waals surface area contributed by atoms with Gasteiger partial charge >= 0.3 is 0 Å². The highest BCUT2D eigenvalue weighted by atomic mass is 16.3. The van der Waals surface area contributed by atoms with E-state index in [1.165, 1.54) is 180 Å². The number of allylic oxidation sites excluding steroid dienone is 16. The fourth-order valence-electron chi connectivity index (χ4n) is 8.67. The van der Waals surface area contributed by atoms with E-state index in [1.54, 1.807) is 0 Å². The summed E-state index contributed by atoms with van der Waals surface area (Å²) >= 11 is 0. The van der Waals surface area contributed by atoms with E-state index >= 15 is 0 Å². The Morgan fingerprint density at radius 1 is 0.368 bits per heavy atom. The van der Waals surface area contributed by atoms with Crippen molar-refractivity contribution in [3.63, 3.8) is 0 Å². The average Bonchev–Trinajstić information content (AvgIpc) is 3.34. The molecule has 68 heavy (non-hydrogen) atoms. The molecule has 4 heteroatoms. The predicted octanol–water partition coefficient (Wildman–Crippen LogP) is 19.7. The summed E-state index contributed by atoms with van der Waals surface area (Å²) in [5.41, 5.74) is 0. The Balaban J connectivity index is 3.51. The quantitative estimate of drug-likeness (QED) is 0.0420. The number of carbonyl (C=O) groups excluding carboxylic acids is 1. The Labute approximate surface area is 424 Å². The van der Waals surface area contributed by atoms with Gasteiger partial charge in [0, 0.05) is 6.42 Å². The van der Waals surface area contributed by atoms with Crippen molar-refractivity contribution in [2.45, 2.75) is 296 Å². The molecule has 0 fully saturated rings. The van der Waals surface area contributed by atoms with Gasteiger partial charge in [-0.2, -0.15) is 0 Å². The topological polar surface area (TPSA) is 69.6 Å². The smallest absolute Gasteiger partial charge is 0.220 e. The third-order valence-electron chi connectivity index (χ3n) is 13.1. The number of hydrogen-bond acceptors (Lipinski definition) is 3. The van der Waals surface area contributed by atoms with Gasteiger partial charge in [0.2, 0.25) is 5.91 Å². The van der Waals surface area contributed by atoms with Crippen LogP contribution in [0.2, 0.25) is 0 Å². The molecule has 0 heterocycles. The van der Waals surface area contributed by atoms with Crippen molar-refractivity contribution >= 4 is 5.91 Å². The van der Waals surface area contributed by atoms with Gasteiger partial charge in [0.15, 0.2) is 0 Å². The molecule has 0 spiro atoms. The van der Waals surface area contributed by atoms with Crippen LogP contribution in [0.1, 0.15) is 284 Å². The SMILES string of the molecule is CC/C=C\C/C=C\C/C=C\C/C=C\C/C=C\C/C=C\C/C=C\C/C=C\CCCCCCCCCCCCCCCCC(=O)NC(CO)C(O)CCCCCCCCCCCCCCCCCCC. The number of amides is 1. The van der Waals surface area contributed by atoms with Crippen LogP contribution in [0.5, 0.6) is 0 Å². The minimum absolute atomic E-state index is 0.0327. The first kappa shape index (κ1) is 65.3. The van der Waals surface area contributed by atoms with Gasteiger partial charge in [-0.15, -0.1) is 0 Å². The maximum absolute atomic E-state index is 12.5. The Morgan fingerprint density at radius 3 is 0.971 bits per heavy atom. The van der Waals surface area contributed by atoms with E-state index in [4.69, 9.17) is 0 Å². The lowest BCUT2D eigenvalue weighted by atomic mass is 10.0. The number of rotatable bonds is 53. The van der Waals surface area contributed by atoms with Crippen molar-refractivity contribution in [3.8, 4) is 0 Å². The van der Waals surface area contributed by atoms with Gasteiger partial charge in [-0.05, 0) is 77.0 Å².